The van der Waals surface area contributed by atoms with Crippen molar-refractivity contribution in [1.29, 1.82) is 0 Å². The van der Waals surface area contributed by atoms with Crippen molar-refractivity contribution in [3.8, 4) is 0 Å². The Hall–Kier alpha value is -0.930. The second-order valence-electron chi connectivity index (χ2n) is 6.31. The Bertz CT molecular complexity index is 406. The maximum atomic E-state index is 5.80. The molecular weight excluding hydrogens is 260 g/mol. The third-order valence-corrected chi connectivity index (χ3v) is 4.75. The van der Waals surface area contributed by atoms with Crippen molar-refractivity contribution in [1.82, 2.24) is 10.3 Å². The summed E-state index contributed by atoms with van der Waals surface area (Å²) in [6.07, 6.45) is 10.0. The summed E-state index contributed by atoms with van der Waals surface area (Å²) in [5.74, 6) is 0. The van der Waals surface area contributed by atoms with Gasteiger partial charge in [-0.2, -0.15) is 0 Å². The fourth-order valence-electron chi connectivity index (χ4n) is 3.11. The summed E-state index contributed by atoms with van der Waals surface area (Å²) in [4.78, 5) is 4.62. The van der Waals surface area contributed by atoms with E-state index in [0.29, 0.717) is 6.04 Å². The first-order chi connectivity index (χ1) is 10.2. The highest BCUT2D eigenvalue weighted by Gasteiger charge is 2.38. The van der Waals surface area contributed by atoms with E-state index < -0.39 is 0 Å². The van der Waals surface area contributed by atoms with Gasteiger partial charge in [-0.3, -0.25) is 4.98 Å². The number of hydrogen-bond donors (Lipinski definition) is 1. The van der Waals surface area contributed by atoms with Gasteiger partial charge in [-0.1, -0.05) is 19.9 Å². The number of aryl methyl sites for hydroxylation is 1. The highest BCUT2D eigenvalue weighted by atomic mass is 16.5. The van der Waals surface area contributed by atoms with Crippen LogP contribution in [0, 0.1) is 0 Å². The molecule has 3 heteroatoms. The van der Waals surface area contributed by atoms with Gasteiger partial charge in [0.1, 0.15) is 0 Å². The Morgan fingerprint density at radius 2 is 2.14 bits per heavy atom. The lowest BCUT2D eigenvalue weighted by atomic mass is 9.75. The van der Waals surface area contributed by atoms with Crippen molar-refractivity contribution in [2.24, 2.45) is 0 Å². The number of ether oxygens (including phenoxy) is 1. The van der Waals surface area contributed by atoms with Crippen LogP contribution in [0.5, 0.6) is 0 Å². The van der Waals surface area contributed by atoms with Crippen LogP contribution in [-0.2, 0) is 17.6 Å². The second-order valence-corrected chi connectivity index (χ2v) is 6.31. The van der Waals surface area contributed by atoms with Crippen molar-refractivity contribution < 1.29 is 4.74 Å². The van der Waals surface area contributed by atoms with E-state index in [1.807, 2.05) is 13.3 Å². The van der Waals surface area contributed by atoms with Crippen LogP contribution in [0.1, 0.15) is 57.2 Å². The number of aromatic nitrogens is 1. The van der Waals surface area contributed by atoms with Crippen LogP contribution in [0.25, 0.3) is 0 Å². The Kier molecular flexibility index (Phi) is 6.19. The highest BCUT2D eigenvalue weighted by molar-refractivity contribution is 5.15. The standard InChI is InChI=1S/C18H30N2O/c1-4-11-19-17(13-18(21-3)9-6-10-18)12-16-8-7-15(5-2)14-20-16/h7-8,14,17,19H,4-6,9-13H2,1-3H3. The quantitative estimate of drug-likeness (QED) is 0.755. The van der Waals surface area contributed by atoms with Crippen molar-refractivity contribution in [3.05, 3.63) is 29.6 Å². The van der Waals surface area contributed by atoms with E-state index in [-0.39, 0.29) is 5.60 Å². The van der Waals surface area contributed by atoms with Gasteiger partial charge in [-0.15, -0.1) is 0 Å². The lowest BCUT2D eigenvalue weighted by molar-refractivity contribution is -0.0834. The maximum absolute atomic E-state index is 5.80. The molecule has 118 valence electrons. The molecule has 21 heavy (non-hydrogen) atoms. The molecule has 1 aromatic heterocycles. The lowest BCUT2D eigenvalue weighted by Gasteiger charge is -2.43. The first kappa shape index (κ1) is 16.4. The molecule has 0 aliphatic heterocycles. The largest absolute Gasteiger partial charge is 0.378 e. The molecule has 1 aliphatic carbocycles. The van der Waals surface area contributed by atoms with Gasteiger partial charge >= 0.3 is 0 Å². The first-order valence-electron chi connectivity index (χ1n) is 8.43. The molecule has 1 heterocycles. The first-order valence-corrected chi connectivity index (χ1v) is 8.43. The van der Waals surface area contributed by atoms with E-state index in [1.165, 1.54) is 36.9 Å². The summed E-state index contributed by atoms with van der Waals surface area (Å²) in [5, 5.41) is 3.68. The summed E-state index contributed by atoms with van der Waals surface area (Å²) in [6, 6.07) is 4.85. The third kappa shape index (κ3) is 4.52. The van der Waals surface area contributed by atoms with Gasteiger partial charge in [-0.25, -0.2) is 0 Å². The van der Waals surface area contributed by atoms with Crippen molar-refractivity contribution in [3.63, 3.8) is 0 Å². The summed E-state index contributed by atoms with van der Waals surface area (Å²) < 4.78 is 5.80. The van der Waals surface area contributed by atoms with Crippen molar-refractivity contribution >= 4 is 0 Å². The smallest absolute Gasteiger partial charge is 0.0693 e. The summed E-state index contributed by atoms with van der Waals surface area (Å²) in [6.45, 7) is 5.45. The molecule has 0 spiro atoms. The van der Waals surface area contributed by atoms with Gasteiger partial charge in [0, 0.05) is 31.5 Å². The van der Waals surface area contributed by atoms with E-state index in [1.54, 1.807) is 0 Å². The number of nitrogens with zero attached hydrogens (tertiary/aromatic N) is 1. The number of hydrogen-bond acceptors (Lipinski definition) is 3. The Labute approximate surface area is 129 Å². The molecule has 1 unspecified atom stereocenters. The van der Waals surface area contributed by atoms with Crippen LogP contribution in [0.2, 0.25) is 0 Å². The number of methoxy groups -OCH3 is 1. The topological polar surface area (TPSA) is 34.2 Å². The van der Waals surface area contributed by atoms with E-state index in [2.05, 4.69) is 36.3 Å². The summed E-state index contributed by atoms with van der Waals surface area (Å²) in [5.41, 5.74) is 2.62. The fraction of sp³-hybridized carbons (Fsp3) is 0.722. The van der Waals surface area contributed by atoms with Crippen molar-refractivity contribution in [2.75, 3.05) is 13.7 Å². The SMILES string of the molecule is CCCNC(Cc1ccc(CC)cn1)CC1(OC)CCC1. The van der Waals surface area contributed by atoms with Gasteiger partial charge in [0.05, 0.1) is 5.60 Å². The van der Waals surface area contributed by atoms with Crippen LogP contribution in [0.4, 0.5) is 0 Å². The van der Waals surface area contributed by atoms with Crippen LogP contribution in [0.15, 0.2) is 18.3 Å². The molecule has 1 aromatic rings. The maximum Gasteiger partial charge on any atom is 0.0693 e. The molecule has 0 bridgehead atoms. The summed E-state index contributed by atoms with van der Waals surface area (Å²) in [7, 11) is 1.87. The number of nitrogens with one attached hydrogen (secondary N) is 1. The summed E-state index contributed by atoms with van der Waals surface area (Å²) >= 11 is 0. The van der Waals surface area contributed by atoms with Gasteiger partial charge in [0.2, 0.25) is 0 Å². The molecule has 3 nitrogen and oxygen atoms in total. The van der Waals surface area contributed by atoms with Crippen LogP contribution in [0.3, 0.4) is 0 Å². The third-order valence-electron chi connectivity index (χ3n) is 4.75. The van der Waals surface area contributed by atoms with Crippen molar-refractivity contribution in [2.45, 2.75) is 70.4 Å². The van der Waals surface area contributed by atoms with Crippen LogP contribution >= 0.6 is 0 Å². The molecule has 0 radical (unpaired) electrons. The van der Waals surface area contributed by atoms with Crippen LogP contribution in [-0.4, -0.2) is 30.3 Å². The molecule has 1 N–H and O–H groups in total. The normalized spacial score (nSPS) is 18.2. The predicted octanol–water partition coefficient (Wildman–Crippen LogP) is 3.51. The number of rotatable bonds is 9. The van der Waals surface area contributed by atoms with Gasteiger partial charge in [0.25, 0.3) is 0 Å². The molecule has 1 fully saturated rings. The van der Waals surface area contributed by atoms with Crippen LogP contribution < -0.4 is 5.32 Å². The zero-order chi connectivity index (χ0) is 15.1. The molecule has 0 amide bonds. The monoisotopic (exact) mass is 290 g/mol. The predicted molar refractivity (Wildman–Crippen MR) is 87.6 cm³/mol. The Balaban J connectivity index is 1.97. The molecule has 1 aliphatic rings. The zero-order valence-electron chi connectivity index (χ0n) is 13.8. The minimum absolute atomic E-state index is 0.120. The second kappa shape index (κ2) is 7.90. The van der Waals surface area contributed by atoms with E-state index in [9.17, 15) is 0 Å². The minimum Gasteiger partial charge on any atom is -0.378 e. The van der Waals surface area contributed by atoms with Gasteiger partial charge < -0.3 is 10.1 Å². The highest BCUT2D eigenvalue weighted by Crippen LogP contribution is 2.39. The molecule has 1 atom stereocenters. The molecule has 1 saturated carbocycles. The van der Waals surface area contributed by atoms with E-state index >= 15 is 0 Å². The van der Waals surface area contributed by atoms with E-state index in [4.69, 9.17) is 4.74 Å². The number of pyridine rings is 1. The molecule has 0 saturated heterocycles. The Morgan fingerprint density at radius 3 is 2.62 bits per heavy atom. The molecule has 2 rings (SSSR count). The average molecular weight is 290 g/mol. The fourth-order valence-corrected chi connectivity index (χ4v) is 3.11. The lowest BCUT2D eigenvalue weighted by Crippen LogP contribution is -2.46. The Morgan fingerprint density at radius 1 is 1.33 bits per heavy atom. The van der Waals surface area contributed by atoms with E-state index in [0.717, 1.165) is 25.8 Å². The zero-order valence-corrected chi connectivity index (χ0v) is 13.8. The minimum atomic E-state index is 0.120. The molecular formula is C18H30N2O. The van der Waals surface area contributed by atoms with Gasteiger partial charge in [-0.05, 0) is 56.7 Å². The van der Waals surface area contributed by atoms with Gasteiger partial charge in [0.15, 0.2) is 0 Å². The average Bonchev–Trinajstić information content (AvgIpc) is 2.49. The molecule has 0 aromatic carbocycles.